The molecule has 1 aliphatic rings. The van der Waals surface area contributed by atoms with Crippen molar-refractivity contribution in [2.45, 2.75) is 52.4 Å². The highest BCUT2D eigenvalue weighted by Crippen LogP contribution is 2.47. The molecule has 4 aromatic rings. The standard InChI is InChI=1S/C31H28O7/c1-17-10-6-8-12-21(17)29(33)36-27-25-23(15-14-20-19(3)16-24(32)35-26(20)25)38-31(4,5)28(27)37-30(34)22-13-9-7-11-18(22)2/h6-16,27-28H,1-5H3/t27-,28-/m0/s1. The summed E-state index contributed by atoms with van der Waals surface area (Å²) in [6.45, 7) is 8.94. The van der Waals surface area contributed by atoms with Crippen LogP contribution in [0, 0.1) is 20.8 Å². The number of hydrogen-bond acceptors (Lipinski definition) is 7. The SMILES string of the molecule is Cc1ccccc1C(=O)O[C@H]1c2c(ccc3c(C)cc(=O)oc23)OC(C)(C)[C@H]1OC(=O)c1ccccc1C. The number of fused-ring (bicyclic) bond motifs is 3. The third kappa shape index (κ3) is 4.45. The third-order valence-electron chi connectivity index (χ3n) is 6.93. The second-order valence-electron chi connectivity index (χ2n) is 10.1. The van der Waals surface area contributed by atoms with Crippen LogP contribution in [0.3, 0.4) is 0 Å². The molecule has 3 aromatic carbocycles. The minimum absolute atomic E-state index is 0.225. The maximum Gasteiger partial charge on any atom is 0.339 e. The van der Waals surface area contributed by atoms with Gasteiger partial charge in [0, 0.05) is 11.5 Å². The van der Waals surface area contributed by atoms with Gasteiger partial charge in [-0.15, -0.1) is 0 Å². The Morgan fingerprint density at radius 1 is 0.789 bits per heavy atom. The largest absolute Gasteiger partial charge is 0.483 e. The molecule has 1 aliphatic heterocycles. The van der Waals surface area contributed by atoms with E-state index in [9.17, 15) is 14.4 Å². The number of rotatable bonds is 4. The van der Waals surface area contributed by atoms with Crippen molar-refractivity contribution in [1.29, 1.82) is 0 Å². The predicted molar refractivity (Wildman–Crippen MR) is 142 cm³/mol. The topological polar surface area (TPSA) is 92.0 Å². The van der Waals surface area contributed by atoms with E-state index in [1.54, 1.807) is 57.2 Å². The van der Waals surface area contributed by atoms with Gasteiger partial charge >= 0.3 is 17.6 Å². The summed E-state index contributed by atoms with van der Waals surface area (Å²) in [7, 11) is 0. The summed E-state index contributed by atoms with van der Waals surface area (Å²) >= 11 is 0. The summed E-state index contributed by atoms with van der Waals surface area (Å²) < 4.78 is 24.1. The Labute approximate surface area is 220 Å². The van der Waals surface area contributed by atoms with Gasteiger partial charge in [-0.1, -0.05) is 36.4 Å². The lowest BCUT2D eigenvalue weighted by Crippen LogP contribution is -2.52. The van der Waals surface area contributed by atoms with Crippen molar-refractivity contribution in [1.82, 2.24) is 0 Å². The van der Waals surface area contributed by atoms with Crippen molar-refractivity contribution in [3.63, 3.8) is 0 Å². The minimum atomic E-state index is -1.12. The molecule has 0 radical (unpaired) electrons. The quantitative estimate of drug-likeness (QED) is 0.244. The second kappa shape index (κ2) is 9.49. The highest BCUT2D eigenvalue weighted by molar-refractivity contribution is 5.93. The first-order chi connectivity index (χ1) is 18.1. The average molecular weight is 513 g/mol. The van der Waals surface area contributed by atoms with E-state index in [1.165, 1.54) is 6.07 Å². The lowest BCUT2D eigenvalue weighted by atomic mass is 9.86. The van der Waals surface area contributed by atoms with Crippen LogP contribution >= 0.6 is 0 Å². The van der Waals surface area contributed by atoms with Gasteiger partial charge in [0.25, 0.3) is 0 Å². The molecular weight excluding hydrogens is 484 g/mol. The normalized spacial score (nSPS) is 17.8. The number of aryl methyl sites for hydroxylation is 3. The van der Waals surface area contributed by atoms with Crippen LogP contribution in [0.5, 0.6) is 5.75 Å². The van der Waals surface area contributed by atoms with Crippen LogP contribution in [0.25, 0.3) is 11.0 Å². The van der Waals surface area contributed by atoms with Crippen molar-refractivity contribution in [2.24, 2.45) is 0 Å². The van der Waals surface area contributed by atoms with Gasteiger partial charge in [-0.05, 0) is 75.6 Å². The van der Waals surface area contributed by atoms with Crippen molar-refractivity contribution in [2.75, 3.05) is 0 Å². The van der Waals surface area contributed by atoms with Crippen molar-refractivity contribution in [3.8, 4) is 5.75 Å². The van der Waals surface area contributed by atoms with Gasteiger partial charge in [-0.3, -0.25) is 0 Å². The molecule has 0 spiro atoms. The molecule has 38 heavy (non-hydrogen) atoms. The zero-order valence-electron chi connectivity index (χ0n) is 21.9. The maximum atomic E-state index is 13.5. The molecule has 2 atom stereocenters. The molecule has 0 unspecified atom stereocenters. The van der Waals surface area contributed by atoms with E-state index in [0.29, 0.717) is 33.4 Å². The van der Waals surface area contributed by atoms with E-state index in [1.807, 2.05) is 38.1 Å². The summed E-state index contributed by atoms with van der Waals surface area (Å²) in [5, 5.41) is 0.660. The summed E-state index contributed by atoms with van der Waals surface area (Å²) in [6, 6.07) is 19.1. The Hall–Kier alpha value is -4.39. The van der Waals surface area contributed by atoms with Crippen LogP contribution in [-0.4, -0.2) is 23.6 Å². The van der Waals surface area contributed by atoms with Crippen molar-refractivity contribution >= 4 is 22.9 Å². The number of esters is 2. The number of benzene rings is 3. The minimum Gasteiger partial charge on any atom is -0.483 e. The van der Waals surface area contributed by atoms with Gasteiger partial charge in [0.15, 0.2) is 12.2 Å². The fourth-order valence-corrected chi connectivity index (χ4v) is 4.89. The molecule has 194 valence electrons. The summed E-state index contributed by atoms with van der Waals surface area (Å²) in [4.78, 5) is 39.2. The van der Waals surface area contributed by atoms with E-state index >= 15 is 0 Å². The van der Waals surface area contributed by atoms with Gasteiger partial charge in [0.05, 0.1) is 16.7 Å². The van der Waals surface area contributed by atoms with Gasteiger partial charge in [0.1, 0.15) is 16.9 Å². The predicted octanol–water partition coefficient (Wildman–Crippen LogP) is 6.01. The first kappa shape index (κ1) is 25.3. The number of ether oxygens (including phenoxy) is 3. The highest BCUT2D eigenvalue weighted by Gasteiger charge is 2.50. The molecular formula is C31H28O7. The summed E-state index contributed by atoms with van der Waals surface area (Å²) in [5.41, 5.74) is 1.85. The van der Waals surface area contributed by atoms with E-state index in [-0.39, 0.29) is 5.58 Å². The zero-order valence-corrected chi connectivity index (χ0v) is 21.9. The van der Waals surface area contributed by atoms with Gasteiger partial charge in [0.2, 0.25) is 0 Å². The number of carbonyl (C=O) groups is 2. The van der Waals surface area contributed by atoms with Crippen LogP contribution in [0.1, 0.15) is 62.9 Å². The molecule has 0 saturated carbocycles. The Kier molecular flexibility index (Phi) is 6.31. The van der Waals surface area contributed by atoms with Gasteiger partial charge in [-0.25, -0.2) is 14.4 Å². The van der Waals surface area contributed by atoms with E-state index in [0.717, 1.165) is 11.1 Å². The molecule has 7 nitrogen and oxygen atoms in total. The van der Waals surface area contributed by atoms with Crippen LogP contribution in [0.2, 0.25) is 0 Å². The Morgan fingerprint density at radius 3 is 1.97 bits per heavy atom. The van der Waals surface area contributed by atoms with E-state index in [2.05, 4.69) is 0 Å². The monoisotopic (exact) mass is 512 g/mol. The van der Waals surface area contributed by atoms with E-state index in [4.69, 9.17) is 18.6 Å². The lowest BCUT2D eigenvalue weighted by molar-refractivity contribution is -0.123. The molecule has 5 rings (SSSR count). The first-order valence-electron chi connectivity index (χ1n) is 12.4. The maximum absolute atomic E-state index is 13.5. The molecule has 0 fully saturated rings. The van der Waals surface area contributed by atoms with E-state index < -0.39 is 35.4 Å². The molecule has 0 saturated heterocycles. The number of carbonyl (C=O) groups excluding carboxylic acids is 2. The highest BCUT2D eigenvalue weighted by atomic mass is 16.6. The lowest BCUT2D eigenvalue weighted by Gasteiger charge is -2.43. The molecule has 0 aliphatic carbocycles. The van der Waals surface area contributed by atoms with Crippen molar-refractivity contribution < 1.29 is 28.2 Å². The molecule has 0 amide bonds. The fraction of sp³-hybridized carbons (Fsp3) is 0.258. The zero-order chi connectivity index (χ0) is 27.2. The van der Waals surface area contributed by atoms with Crippen LogP contribution in [0.4, 0.5) is 0 Å². The molecule has 0 N–H and O–H groups in total. The van der Waals surface area contributed by atoms with Crippen LogP contribution in [0.15, 0.2) is 75.9 Å². The second-order valence-corrected chi connectivity index (χ2v) is 10.1. The third-order valence-corrected chi connectivity index (χ3v) is 6.93. The molecule has 7 heteroatoms. The van der Waals surface area contributed by atoms with Crippen LogP contribution in [-0.2, 0) is 9.47 Å². The summed E-state index contributed by atoms with van der Waals surface area (Å²) in [5.74, 6) is -0.800. The molecule has 2 heterocycles. The smallest absolute Gasteiger partial charge is 0.339 e. The molecule has 0 bridgehead atoms. The van der Waals surface area contributed by atoms with Gasteiger partial charge in [-0.2, -0.15) is 0 Å². The van der Waals surface area contributed by atoms with Gasteiger partial charge < -0.3 is 18.6 Å². The Bertz CT molecular complexity index is 1630. The van der Waals surface area contributed by atoms with Crippen LogP contribution < -0.4 is 10.4 Å². The summed E-state index contributed by atoms with van der Waals surface area (Å²) in [6.07, 6.45) is -2.19. The first-order valence-corrected chi connectivity index (χ1v) is 12.4. The molecule has 1 aromatic heterocycles. The van der Waals surface area contributed by atoms with Crippen molar-refractivity contribution in [3.05, 3.63) is 111 Å². The Morgan fingerprint density at radius 2 is 1.37 bits per heavy atom. The Balaban J connectivity index is 1.68. The number of hydrogen-bond donors (Lipinski definition) is 0. The fourth-order valence-electron chi connectivity index (χ4n) is 4.89. The average Bonchev–Trinajstić information content (AvgIpc) is 2.85.